The summed E-state index contributed by atoms with van der Waals surface area (Å²) in [5.41, 5.74) is 6.63. The summed E-state index contributed by atoms with van der Waals surface area (Å²) in [5.74, 6) is -1.12. The molecule has 0 aliphatic rings. The lowest BCUT2D eigenvalue weighted by molar-refractivity contribution is -0.117. The van der Waals surface area contributed by atoms with Gasteiger partial charge in [0.2, 0.25) is 10.0 Å². The first kappa shape index (κ1) is 22.3. The van der Waals surface area contributed by atoms with Crippen LogP contribution in [0.1, 0.15) is 35.3 Å². The van der Waals surface area contributed by atoms with Crippen molar-refractivity contribution >= 4 is 27.9 Å². The summed E-state index contributed by atoms with van der Waals surface area (Å²) in [6.07, 6.45) is 2.93. The van der Waals surface area contributed by atoms with Gasteiger partial charge in [0, 0.05) is 24.7 Å². The number of rotatable bonds is 7. The fourth-order valence-corrected chi connectivity index (χ4v) is 4.19. The van der Waals surface area contributed by atoms with Gasteiger partial charge in [-0.3, -0.25) is 20.4 Å². The Morgan fingerprint density at radius 3 is 2.34 bits per heavy atom. The number of nitrogens with zero attached hydrogens (tertiary/aromatic N) is 1. The molecule has 0 atom stereocenters. The van der Waals surface area contributed by atoms with Crippen molar-refractivity contribution in [1.82, 2.24) is 15.2 Å². The third-order valence-corrected chi connectivity index (χ3v) is 6.25. The highest BCUT2D eigenvalue weighted by Crippen LogP contribution is 2.17. The zero-order chi connectivity index (χ0) is 21.4. The molecular formula is C21H25N3O4S. The minimum atomic E-state index is -3.68. The Hall–Kier alpha value is -2.97. The van der Waals surface area contributed by atoms with Crippen LogP contribution in [0.4, 0.5) is 0 Å². The Morgan fingerprint density at radius 1 is 1.00 bits per heavy atom. The SMILES string of the molecule is CCN(CC)S(=O)(=O)c1cccc(C(=O)NNC(=O)/C=C/c2cccc(C)c2)c1. The first-order valence-corrected chi connectivity index (χ1v) is 10.7. The third-order valence-electron chi connectivity index (χ3n) is 4.21. The number of hydrazine groups is 1. The van der Waals surface area contributed by atoms with E-state index in [4.69, 9.17) is 0 Å². The Kier molecular flexibility index (Phi) is 7.69. The van der Waals surface area contributed by atoms with Crippen molar-refractivity contribution < 1.29 is 18.0 Å². The van der Waals surface area contributed by atoms with Crippen LogP contribution >= 0.6 is 0 Å². The summed E-state index contributed by atoms with van der Waals surface area (Å²) in [7, 11) is -3.68. The monoisotopic (exact) mass is 415 g/mol. The minimum Gasteiger partial charge on any atom is -0.268 e. The molecule has 154 valence electrons. The van der Waals surface area contributed by atoms with Gasteiger partial charge in [0.05, 0.1) is 4.90 Å². The van der Waals surface area contributed by atoms with E-state index in [0.29, 0.717) is 13.1 Å². The molecular weight excluding hydrogens is 390 g/mol. The highest BCUT2D eigenvalue weighted by molar-refractivity contribution is 7.89. The maximum Gasteiger partial charge on any atom is 0.269 e. The van der Waals surface area contributed by atoms with Gasteiger partial charge in [-0.1, -0.05) is 49.7 Å². The Morgan fingerprint density at radius 2 is 1.69 bits per heavy atom. The predicted molar refractivity (Wildman–Crippen MR) is 112 cm³/mol. The van der Waals surface area contributed by atoms with E-state index in [1.807, 2.05) is 31.2 Å². The van der Waals surface area contributed by atoms with Gasteiger partial charge in [-0.25, -0.2) is 8.42 Å². The summed E-state index contributed by atoms with van der Waals surface area (Å²) in [6, 6.07) is 13.3. The molecule has 2 N–H and O–H groups in total. The molecule has 0 spiro atoms. The molecule has 8 heteroatoms. The average molecular weight is 416 g/mol. The minimum absolute atomic E-state index is 0.0273. The van der Waals surface area contributed by atoms with Crippen LogP contribution in [-0.4, -0.2) is 37.6 Å². The lowest BCUT2D eigenvalue weighted by Gasteiger charge is -2.18. The molecule has 0 saturated carbocycles. The summed E-state index contributed by atoms with van der Waals surface area (Å²) in [5, 5.41) is 0. The number of carbonyl (C=O) groups excluding carboxylic acids is 2. The number of sulfonamides is 1. The number of aryl methyl sites for hydroxylation is 1. The molecule has 0 aliphatic carbocycles. The van der Waals surface area contributed by atoms with E-state index >= 15 is 0 Å². The van der Waals surface area contributed by atoms with Gasteiger partial charge < -0.3 is 0 Å². The molecule has 0 unspecified atom stereocenters. The summed E-state index contributed by atoms with van der Waals surface area (Å²) in [4.78, 5) is 24.2. The summed E-state index contributed by atoms with van der Waals surface area (Å²) in [6.45, 7) is 6.11. The third kappa shape index (κ3) is 6.00. The summed E-state index contributed by atoms with van der Waals surface area (Å²) >= 11 is 0. The van der Waals surface area contributed by atoms with Crippen LogP contribution in [0, 0.1) is 6.92 Å². The molecule has 7 nitrogen and oxygen atoms in total. The number of nitrogens with one attached hydrogen (secondary N) is 2. The maximum atomic E-state index is 12.6. The molecule has 0 radical (unpaired) electrons. The number of benzene rings is 2. The fraction of sp³-hybridized carbons (Fsp3) is 0.238. The largest absolute Gasteiger partial charge is 0.269 e. The number of hydrogen-bond donors (Lipinski definition) is 2. The second-order valence-corrected chi connectivity index (χ2v) is 8.25. The van der Waals surface area contributed by atoms with E-state index in [1.165, 1.54) is 34.6 Å². The van der Waals surface area contributed by atoms with Crippen molar-refractivity contribution in [2.24, 2.45) is 0 Å². The molecule has 0 aliphatic heterocycles. The molecule has 2 aromatic carbocycles. The number of hydrogen-bond acceptors (Lipinski definition) is 4. The van der Waals surface area contributed by atoms with E-state index in [1.54, 1.807) is 19.9 Å². The van der Waals surface area contributed by atoms with Crippen molar-refractivity contribution in [2.45, 2.75) is 25.7 Å². The smallest absolute Gasteiger partial charge is 0.268 e. The van der Waals surface area contributed by atoms with Gasteiger partial charge in [-0.15, -0.1) is 0 Å². The molecule has 29 heavy (non-hydrogen) atoms. The van der Waals surface area contributed by atoms with Gasteiger partial charge in [0.25, 0.3) is 11.8 Å². The molecule has 0 heterocycles. The van der Waals surface area contributed by atoms with E-state index in [0.717, 1.165) is 11.1 Å². The maximum absolute atomic E-state index is 12.6. The van der Waals surface area contributed by atoms with Gasteiger partial charge in [-0.05, 0) is 36.8 Å². The number of amides is 2. The van der Waals surface area contributed by atoms with Crippen molar-refractivity contribution in [3.8, 4) is 0 Å². The fourth-order valence-electron chi connectivity index (χ4n) is 2.69. The van der Waals surface area contributed by atoms with Gasteiger partial charge in [-0.2, -0.15) is 4.31 Å². The Bertz CT molecular complexity index is 1010. The van der Waals surface area contributed by atoms with Crippen LogP contribution in [0.25, 0.3) is 6.08 Å². The van der Waals surface area contributed by atoms with Gasteiger partial charge in [0.1, 0.15) is 0 Å². The second kappa shape index (κ2) is 9.99. The highest BCUT2D eigenvalue weighted by atomic mass is 32.2. The van der Waals surface area contributed by atoms with Crippen LogP contribution in [-0.2, 0) is 14.8 Å². The highest BCUT2D eigenvalue weighted by Gasteiger charge is 2.22. The lowest BCUT2D eigenvalue weighted by Crippen LogP contribution is -2.40. The zero-order valence-electron chi connectivity index (χ0n) is 16.7. The molecule has 2 rings (SSSR count). The van der Waals surface area contributed by atoms with Crippen molar-refractivity contribution in [3.05, 3.63) is 71.3 Å². The van der Waals surface area contributed by atoms with Crippen LogP contribution in [0.5, 0.6) is 0 Å². The predicted octanol–water partition coefficient (Wildman–Crippen LogP) is 2.50. The standard InChI is InChI=1S/C21H25N3O4S/c1-4-24(5-2)29(27,28)19-11-7-10-18(15-19)21(26)23-22-20(25)13-12-17-9-6-8-16(3)14-17/h6-15H,4-5H2,1-3H3,(H,22,25)(H,23,26)/b13-12+. The first-order chi connectivity index (χ1) is 13.8. The second-order valence-electron chi connectivity index (χ2n) is 6.31. The molecule has 2 aromatic rings. The number of carbonyl (C=O) groups is 2. The lowest BCUT2D eigenvalue weighted by atomic mass is 10.1. The van der Waals surface area contributed by atoms with Crippen molar-refractivity contribution in [1.29, 1.82) is 0 Å². The molecule has 2 amide bonds. The molecule has 0 aromatic heterocycles. The van der Waals surface area contributed by atoms with E-state index in [2.05, 4.69) is 10.9 Å². The van der Waals surface area contributed by atoms with Crippen molar-refractivity contribution in [3.63, 3.8) is 0 Å². The van der Waals surface area contributed by atoms with Crippen LogP contribution in [0.3, 0.4) is 0 Å². The average Bonchev–Trinajstić information content (AvgIpc) is 2.71. The normalized spacial score (nSPS) is 11.6. The Labute approximate surface area is 171 Å². The van der Waals surface area contributed by atoms with Crippen molar-refractivity contribution in [2.75, 3.05) is 13.1 Å². The van der Waals surface area contributed by atoms with E-state index < -0.39 is 21.8 Å². The van der Waals surface area contributed by atoms with Gasteiger partial charge >= 0.3 is 0 Å². The topological polar surface area (TPSA) is 95.6 Å². The van der Waals surface area contributed by atoms with Crippen LogP contribution < -0.4 is 10.9 Å². The Balaban J connectivity index is 2.03. The van der Waals surface area contributed by atoms with Crippen LogP contribution in [0.15, 0.2) is 59.5 Å². The zero-order valence-corrected chi connectivity index (χ0v) is 17.5. The quantitative estimate of drug-likeness (QED) is 0.536. The van der Waals surface area contributed by atoms with Crippen LogP contribution in [0.2, 0.25) is 0 Å². The first-order valence-electron chi connectivity index (χ1n) is 9.23. The summed E-state index contributed by atoms with van der Waals surface area (Å²) < 4.78 is 26.5. The van der Waals surface area contributed by atoms with E-state index in [-0.39, 0.29) is 10.5 Å². The molecule has 0 fully saturated rings. The van der Waals surface area contributed by atoms with Gasteiger partial charge in [0.15, 0.2) is 0 Å². The molecule has 0 saturated heterocycles. The van der Waals surface area contributed by atoms with E-state index in [9.17, 15) is 18.0 Å². The molecule has 0 bridgehead atoms.